The molecule has 0 fully saturated rings. The van der Waals surface area contributed by atoms with Crippen LogP contribution in [0.25, 0.3) is 0 Å². The first-order valence-corrected chi connectivity index (χ1v) is 11.7. The average Bonchev–Trinajstić information content (AvgIpc) is 2.81. The normalized spacial score (nSPS) is 12.2. The molecule has 0 aliphatic heterocycles. The van der Waals surface area contributed by atoms with Gasteiger partial charge in [0.25, 0.3) is 5.91 Å². The summed E-state index contributed by atoms with van der Waals surface area (Å²) in [5, 5.41) is 12.3. The fourth-order valence-electron chi connectivity index (χ4n) is 2.89. The first kappa shape index (κ1) is 26.5. The van der Waals surface area contributed by atoms with Crippen LogP contribution in [-0.4, -0.2) is 41.1 Å². The molecule has 0 radical (unpaired) electrons. The lowest BCUT2D eigenvalue weighted by Crippen LogP contribution is -2.48. The number of aliphatic carboxylic acids is 1. The maximum Gasteiger partial charge on any atom is 0.349 e. The predicted molar refractivity (Wildman–Crippen MR) is 137 cm³/mol. The zero-order valence-corrected chi connectivity index (χ0v) is 21.3. The van der Waals surface area contributed by atoms with E-state index in [0.717, 1.165) is 3.57 Å². The number of carboxylic acids is 1. The van der Waals surface area contributed by atoms with Gasteiger partial charge in [-0.3, -0.25) is 4.79 Å². The van der Waals surface area contributed by atoms with Crippen molar-refractivity contribution in [1.29, 1.82) is 0 Å². The van der Waals surface area contributed by atoms with Gasteiger partial charge in [-0.15, -0.1) is 0 Å². The van der Waals surface area contributed by atoms with Gasteiger partial charge in [-0.25, -0.2) is 14.4 Å². The number of carbonyl (C=O) groups excluding carboxylic acids is 3. The zero-order valence-electron chi connectivity index (χ0n) is 17.6. The van der Waals surface area contributed by atoms with Gasteiger partial charge in [0.1, 0.15) is 0 Å². The van der Waals surface area contributed by atoms with Crippen LogP contribution >= 0.6 is 45.8 Å². The van der Waals surface area contributed by atoms with Gasteiger partial charge in [0.15, 0.2) is 0 Å². The second-order valence-corrected chi connectivity index (χ2v) is 9.01. The van der Waals surface area contributed by atoms with Crippen molar-refractivity contribution in [2.45, 2.75) is 12.2 Å². The first-order chi connectivity index (χ1) is 16.7. The summed E-state index contributed by atoms with van der Waals surface area (Å²) in [5.41, 5.74) is 0.0691. The molecule has 11 heteroatoms. The highest BCUT2D eigenvalue weighted by molar-refractivity contribution is 14.1. The van der Waals surface area contributed by atoms with Gasteiger partial charge >= 0.3 is 17.9 Å². The van der Waals surface area contributed by atoms with E-state index in [1.54, 1.807) is 36.4 Å². The van der Waals surface area contributed by atoms with Gasteiger partial charge in [0, 0.05) is 9.26 Å². The number of anilines is 1. The molecule has 8 nitrogen and oxygen atoms in total. The number of carbonyl (C=O) groups is 4. The summed E-state index contributed by atoms with van der Waals surface area (Å²) >= 11 is 14.1. The third-order valence-corrected chi connectivity index (χ3v) is 5.85. The molecule has 2 atom stereocenters. The second kappa shape index (κ2) is 12.0. The Balaban J connectivity index is 1.94. The van der Waals surface area contributed by atoms with E-state index in [-0.39, 0.29) is 21.2 Å². The molecule has 0 saturated carbocycles. The van der Waals surface area contributed by atoms with Crippen LogP contribution in [0, 0.1) is 3.57 Å². The number of amides is 1. The summed E-state index contributed by atoms with van der Waals surface area (Å²) in [7, 11) is 0. The Morgan fingerprint density at radius 1 is 0.771 bits per heavy atom. The summed E-state index contributed by atoms with van der Waals surface area (Å²) in [6.07, 6.45) is -4.27. The molecule has 0 heterocycles. The number of halogens is 3. The molecule has 0 aliphatic rings. The van der Waals surface area contributed by atoms with Crippen LogP contribution in [0.15, 0.2) is 72.8 Å². The molecule has 0 unspecified atom stereocenters. The maximum absolute atomic E-state index is 13.1. The van der Waals surface area contributed by atoms with Gasteiger partial charge in [-0.1, -0.05) is 53.5 Å². The summed E-state index contributed by atoms with van der Waals surface area (Å²) in [4.78, 5) is 50.6. The Morgan fingerprint density at radius 2 is 1.29 bits per heavy atom. The minimum Gasteiger partial charge on any atom is -0.478 e. The minimum atomic E-state index is -2.20. The van der Waals surface area contributed by atoms with E-state index in [4.69, 9.17) is 32.7 Å². The third kappa shape index (κ3) is 6.93. The van der Waals surface area contributed by atoms with E-state index in [1.165, 1.54) is 36.4 Å². The van der Waals surface area contributed by atoms with Crippen molar-refractivity contribution in [1.82, 2.24) is 0 Å². The molecule has 1 amide bonds. The lowest BCUT2D eigenvalue weighted by Gasteiger charge is -2.24. The molecule has 3 rings (SSSR count). The molecular formula is C24H16Cl2INO7. The molecular weight excluding hydrogens is 612 g/mol. The molecule has 0 bridgehead atoms. The fourth-order valence-corrected chi connectivity index (χ4v) is 3.85. The van der Waals surface area contributed by atoms with Crippen LogP contribution in [0.3, 0.4) is 0 Å². The van der Waals surface area contributed by atoms with Crippen molar-refractivity contribution < 1.29 is 33.8 Å². The van der Waals surface area contributed by atoms with Crippen LogP contribution in [0.5, 0.6) is 0 Å². The Kier molecular flexibility index (Phi) is 9.07. The Labute approximate surface area is 223 Å². The molecule has 0 saturated heterocycles. The number of carboxylic acid groups (broad SMARTS) is 1. The summed E-state index contributed by atoms with van der Waals surface area (Å²) < 4.78 is 11.1. The van der Waals surface area contributed by atoms with Crippen molar-refractivity contribution in [2.75, 3.05) is 5.32 Å². The number of hydrogen-bond acceptors (Lipinski definition) is 6. The van der Waals surface area contributed by atoms with E-state index in [1.807, 2.05) is 22.6 Å². The van der Waals surface area contributed by atoms with E-state index >= 15 is 0 Å². The first-order valence-electron chi connectivity index (χ1n) is 9.87. The molecule has 0 aromatic heterocycles. The van der Waals surface area contributed by atoms with Gasteiger partial charge in [0.05, 0.1) is 21.2 Å². The predicted octanol–water partition coefficient (Wildman–Crippen LogP) is 5.07. The van der Waals surface area contributed by atoms with E-state index in [9.17, 15) is 24.3 Å². The van der Waals surface area contributed by atoms with Crippen molar-refractivity contribution in [3.05, 3.63) is 97.5 Å². The zero-order chi connectivity index (χ0) is 25.5. The highest BCUT2D eigenvalue weighted by atomic mass is 127. The number of rotatable bonds is 8. The largest absolute Gasteiger partial charge is 0.478 e. The Hall–Kier alpha value is -3.15. The monoisotopic (exact) mass is 627 g/mol. The van der Waals surface area contributed by atoms with Gasteiger partial charge in [-0.05, 0) is 65.1 Å². The number of esters is 2. The summed E-state index contributed by atoms with van der Waals surface area (Å²) in [6.45, 7) is 0. The highest BCUT2D eigenvalue weighted by Crippen LogP contribution is 2.22. The number of nitrogens with one attached hydrogen (secondary N) is 1. The van der Waals surface area contributed by atoms with Crippen LogP contribution in [0.1, 0.15) is 20.7 Å². The van der Waals surface area contributed by atoms with Crippen LogP contribution in [0.2, 0.25) is 10.0 Å². The van der Waals surface area contributed by atoms with E-state index < -0.39 is 36.0 Å². The lowest BCUT2D eigenvalue weighted by atomic mass is 10.1. The number of benzene rings is 3. The molecule has 35 heavy (non-hydrogen) atoms. The number of ether oxygens (including phenoxy) is 2. The molecule has 2 N–H and O–H groups in total. The van der Waals surface area contributed by atoms with Crippen molar-refractivity contribution in [3.63, 3.8) is 0 Å². The van der Waals surface area contributed by atoms with Crippen LogP contribution in [-0.2, 0) is 19.1 Å². The maximum atomic E-state index is 13.1. The summed E-state index contributed by atoms with van der Waals surface area (Å²) in [6, 6.07) is 18.2. The van der Waals surface area contributed by atoms with E-state index in [2.05, 4.69) is 5.32 Å². The van der Waals surface area contributed by atoms with Crippen molar-refractivity contribution in [3.8, 4) is 0 Å². The molecule has 3 aromatic carbocycles. The summed E-state index contributed by atoms with van der Waals surface area (Å²) in [5.74, 6) is -4.96. The molecule has 3 aromatic rings. The number of hydrogen-bond donors (Lipinski definition) is 2. The van der Waals surface area contributed by atoms with Crippen LogP contribution in [0.4, 0.5) is 5.69 Å². The molecule has 0 spiro atoms. The fraction of sp³-hybridized carbons (Fsp3) is 0.0833. The van der Waals surface area contributed by atoms with Gasteiger partial charge in [0.2, 0.25) is 12.2 Å². The molecule has 0 aliphatic carbocycles. The minimum absolute atomic E-state index is 0.00885. The van der Waals surface area contributed by atoms with Crippen LogP contribution < -0.4 is 5.32 Å². The lowest BCUT2D eigenvalue weighted by molar-refractivity contribution is -0.157. The highest BCUT2D eigenvalue weighted by Gasteiger charge is 2.41. The Morgan fingerprint density at radius 3 is 1.77 bits per heavy atom. The van der Waals surface area contributed by atoms with Gasteiger partial charge in [-0.2, -0.15) is 0 Å². The molecule has 180 valence electrons. The van der Waals surface area contributed by atoms with Crippen molar-refractivity contribution in [2.24, 2.45) is 0 Å². The standard InChI is InChI=1S/C24H16Cl2INO7/c25-17-10-3-1-8-15(17)23(32)34-19(21(29)28-14-7-5-6-13(27)12-14)20(22(30)31)35-24(33)16-9-2-4-11-18(16)26/h1-12,19-20H,(H,28,29)(H,30,31)/t19-,20-/m0/s1. The average molecular weight is 628 g/mol. The van der Waals surface area contributed by atoms with Gasteiger partial charge < -0.3 is 19.9 Å². The quantitative estimate of drug-likeness (QED) is 0.264. The third-order valence-electron chi connectivity index (χ3n) is 4.52. The van der Waals surface area contributed by atoms with Crippen molar-refractivity contribution >= 4 is 75.3 Å². The topological polar surface area (TPSA) is 119 Å². The smallest absolute Gasteiger partial charge is 0.349 e. The second-order valence-electron chi connectivity index (χ2n) is 6.95. The Bertz CT molecular complexity index is 1280. The SMILES string of the molecule is O=C(O[C@H](C(=O)O)[C@H](OC(=O)c1ccccc1Cl)C(=O)Nc1cccc(I)c1)c1ccccc1Cl. The van der Waals surface area contributed by atoms with E-state index in [0.29, 0.717) is 5.69 Å².